The molecule has 188 valence electrons. The molecule has 3 amide bonds. The zero-order valence-electron chi connectivity index (χ0n) is 20.5. The Labute approximate surface area is 201 Å². The predicted molar refractivity (Wildman–Crippen MR) is 129 cm³/mol. The number of carbonyl (C=O) groups excluding carboxylic acids is 3. The molecule has 0 bridgehead atoms. The Kier molecular flexibility index (Phi) is 10.5. The van der Waals surface area contributed by atoms with E-state index in [-0.39, 0.29) is 36.2 Å². The lowest BCUT2D eigenvalue weighted by atomic mass is 9.87. The van der Waals surface area contributed by atoms with Crippen molar-refractivity contribution in [3.8, 4) is 0 Å². The zero-order chi connectivity index (χ0) is 25.3. The molecule has 34 heavy (non-hydrogen) atoms. The second-order valence-electron chi connectivity index (χ2n) is 9.19. The number of benzene rings is 1. The van der Waals surface area contributed by atoms with E-state index in [4.69, 9.17) is 9.90 Å². The summed E-state index contributed by atoms with van der Waals surface area (Å²) < 4.78 is 0. The highest BCUT2D eigenvalue weighted by Crippen LogP contribution is 2.30. The van der Waals surface area contributed by atoms with E-state index in [0.717, 1.165) is 25.7 Å². The molecule has 4 unspecified atom stereocenters. The van der Waals surface area contributed by atoms with Gasteiger partial charge in [-0.1, -0.05) is 38.1 Å². The number of carboxylic acid groups (broad SMARTS) is 1. The molecule has 0 saturated carbocycles. The fraction of sp³-hybridized carbons (Fsp3) is 0.600. The number of aryl methyl sites for hydroxylation is 1. The number of likely N-dealkylation sites (N-methyl/N-ethyl adjacent to an activating group) is 1. The van der Waals surface area contributed by atoms with Crippen molar-refractivity contribution >= 4 is 24.2 Å². The van der Waals surface area contributed by atoms with Crippen LogP contribution in [0.5, 0.6) is 0 Å². The lowest BCUT2D eigenvalue weighted by Gasteiger charge is -2.33. The number of hydrogen-bond donors (Lipinski definition) is 4. The van der Waals surface area contributed by atoms with Crippen molar-refractivity contribution in [2.75, 3.05) is 13.6 Å². The Morgan fingerprint density at radius 3 is 2.44 bits per heavy atom. The van der Waals surface area contributed by atoms with Crippen molar-refractivity contribution in [3.05, 3.63) is 35.4 Å². The van der Waals surface area contributed by atoms with Gasteiger partial charge in [-0.05, 0) is 63.1 Å². The molecule has 1 aromatic carbocycles. The summed E-state index contributed by atoms with van der Waals surface area (Å²) in [5, 5.41) is 15.9. The Morgan fingerprint density at radius 2 is 1.79 bits per heavy atom. The van der Waals surface area contributed by atoms with E-state index >= 15 is 0 Å². The van der Waals surface area contributed by atoms with Gasteiger partial charge in [0.05, 0.1) is 12.1 Å². The molecule has 3 rings (SSSR count). The van der Waals surface area contributed by atoms with Gasteiger partial charge in [0.1, 0.15) is 12.1 Å². The molecule has 4 atom stereocenters. The minimum atomic E-state index is -0.646. The lowest BCUT2D eigenvalue weighted by Crippen LogP contribution is -2.57. The molecule has 1 aliphatic carbocycles. The number of likely N-dealkylation sites (tertiary alicyclic amines) is 1. The first-order valence-electron chi connectivity index (χ1n) is 12.0. The van der Waals surface area contributed by atoms with Crippen LogP contribution in [-0.2, 0) is 25.6 Å². The Balaban J connectivity index is 0.00000129. The molecular formula is C25H38N4O5. The van der Waals surface area contributed by atoms with Crippen LogP contribution in [0.1, 0.15) is 63.6 Å². The van der Waals surface area contributed by atoms with E-state index in [1.165, 1.54) is 11.1 Å². The van der Waals surface area contributed by atoms with Crippen molar-refractivity contribution in [3.63, 3.8) is 0 Å². The molecule has 1 aromatic rings. The molecule has 1 aliphatic heterocycles. The summed E-state index contributed by atoms with van der Waals surface area (Å²) in [4.78, 5) is 49.0. The fourth-order valence-electron chi connectivity index (χ4n) is 4.58. The molecule has 0 aromatic heterocycles. The number of carbonyl (C=O) groups is 4. The maximum absolute atomic E-state index is 13.3. The number of nitrogens with one attached hydrogen (secondary N) is 3. The topological polar surface area (TPSA) is 128 Å². The van der Waals surface area contributed by atoms with Gasteiger partial charge >= 0.3 is 0 Å². The summed E-state index contributed by atoms with van der Waals surface area (Å²) in [6, 6.07) is 6.73. The van der Waals surface area contributed by atoms with E-state index in [9.17, 15) is 14.4 Å². The fourth-order valence-corrected chi connectivity index (χ4v) is 4.58. The van der Waals surface area contributed by atoms with E-state index in [2.05, 4.69) is 28.1 Å². The molecular weight excluding hydrogens is 436 g/mol. The van der Waals surface area contributed by atoms with E-state index in [1.807, 2.05) is 26.0 Å². The number of hydrogen-bond acceptors (Lipinski definition) is 5. The van der Waals surface area contributed by atoms with Crippen LogP contribution < -0.4 is 16.0 Å². The lowest BCUT2D eigenvalue weighted by molar-refractivity contribution is -0.142. The normalized spacial score (nSPS) is 20.9. The summed E-state index contributed by atoms with van der Waals surface area (Å²) in [5.74, 6) is -0.554. The Morgan fingerprint density at radius 1 is 1.12 bits per heavy atom. The van der Waals surface area contributed by atoms with Gasteiger partial charge in [0.15, 0.2) is 0 Å². The molecule has 4 N–H and O–H groups in total. The predicted octanol–water partition coefficient (Wildman–Crippen LogP) is 1.62. The summed E-state index contributed by atoms with van der Waals surface area (Å²) in [7, 11) is 1.71. The zero-order valence-corrected chi connectivity index (χ0v) is 20.5. The summed E-state index contributed by atoms with van der Waals surface area (Å²) >= 11 is 0. The Hall–Kier alpha value is -2.94. The quantitative estimate of drug-likeness (QED) is 0.445. The highest BCUT2D eigenvalue weighted by Gasteiger charge is 2.39. The van der Waals surface area contributed by atoms with Crippen LogP contribution in [-0.4, -0.2) is 65.9 Å². The van der Waals surface area contributed by atoms with Crippen LogP contribution in [0.4, 0.5) is 0 Å². The van der Waals surface area contributed by atoms with Crippen LogP contribution in [0.25, 0.3) is 0 Å². The first-order chi connectivity index (χ1) is 16.2. The Bertz CT molecular complexity index is 859. The van der Waals surface area contributed by atoms with Gasteiger partial charge in [-0.3, -0.25) is 19.2 Å². The minimum absolute atomic E-state index is 0.00733. The molecule has 2 aliphatic rings. The minimum Gasteiger partial charge on any atom is -0.483 e. The molecule has 0 spiro atoms. The van der Waals surface area contributed by atoms with E-state index in [1.54, 1.807) is 18.9 Å². The van der Waals surface area contributed by atoms with Crippen LogP contribution in [0.15, 0.2) is 24.3 Å². The molecule has 0 radical (unpaired) electrons. The van der Waals surface area contributed by atoms with Crippen molar-refractivity contribution in [1.29, 1.82) is 0 Å². The summed E-state index contributed by atoms with van der Waals surface area (Å²) in [5.41, 5.74) is 2.48. The average molecular weight is 475 g/mol. The number of fused-ring (bicyclic) bond motifs is 1. The number of rotatable bonds is 7. The van der Waals surface area contributed by atoms with Gasteiger partial charge in [-0.25, -0.2) is 0 Å². The molecule has 1 saturated heterocycles. The van der Waals surface area contributed by atoms with Crippen LogP contribution in [0.2, 0.25) is 0 Å². The third-order valence-electron chi connectivity index (χ3n) is 6.58. The monoisotopic (exact) mass is 474 g/mol. The average Bonchev–Trinajstić information content (AvgIpc) is 3.32. The third kappa shape index (κ3) is 6.79. The van der Waals surface area contributed by atoms with Gasteiger partial charge in [-0.15, -0.1) is 0 Å². The number of nitrogens with zero attached hydrogens (tertiary/aromatic N) is 1. The molecule has 9 nitrogen and oxygen atoms in total. The van der Waals surface area contributed by atoms with Gasteiger partial charge < -0.3 is 26.0 Å². The van der Waals surface area contributed by atoms with Gasteiger partial charge in [0.25, 0.3) is 6.47 Å². The summed E-state index contributed by atoms with van der Waals surface area (Å²) in [6.07, 6.45) is 4.43. The van der Waals surface area contributed by atoms with Crippen LogP contribution in [0, 0.1) is 5.92 Å². The van der Waals surface area contributed by atoms with Gasteiger partial charge in [-0.2, -0.15) is 0 Å². The van der Waals surface area contributed by atoms with Crippen LogP contribution >= 0.6 is 0 Å². The summed E-state index contributed by atoms with van der Waals surface area (Å²) in [6.45, 7) is 5.87. The SMILES string of the molecule is CNC(C)C(=O)NC(C(=O)N1CCCC1C(=O)NC1CCCc2ccccc21)C(C)C.O=CO. The second-order valence-corrected chi connectivity index (χ2v) is 9.19. The van der Waals surface area contributed by atoms with Crippen LogP contribution in [0.3, 0.4) is 0 Å². The van der Waals surface area contributed by atoms with Crippen molar-refractivity contribution in [2.45, 2.75) is 77.0 Å². The first-order valence-corrected chi connectivity index (χ1v) is 12.0. The standard InChI is InChI=1S/C24H36N4O3.CH2O2/c1-15(2)21(27-22(29)16(3)25-4)24(31)28-14-8-13-20(28)23(30)26-19-12-7-10-17-9-5-6-11-18(17)19;2-1-3/h5-6,9,11,15-16,19-21,25H,7-8,10,12-14H2,1-4H3,(H,26,30)(H,27,29);1H,(H,2,3). The maximum atomic E-state index is 13.3. The molecule has 1 heterocycles. The van der Waals surface area contributed by atoms with Crippen molar-refractivity contribution in [2.24, 2.45) is 5.92 Å². The smallest absolute Gasteiger partial charge is 0.290 e. The van der Waals surface area contributed by atoms with E-state index < -0.39 is 18.1 Å². The van der Waals surface area contributed by atoms with Crippen molar-refractivity contribution in [1.82, 2.24) is 20.9 Å². The highest BCUT2D eigenvalue weighted by molar-refractivity contribution is 5.93. The first kappa shape index (κ1) is 27.3. The molecule has 9 heteroatoms. The third-order valence-corrected chi connectivity index (χ3v) is 6.58. The largest absolute Gasteiger partial charge is 0.483 e. The number of amides is 3. The molecule has 1 fully saturated rings. The maximum Gasteiger partial charge on any atom is 0.290 e. The van der Waals surface area contributed by atoms with E-state index in [0.29, 0.717) is 13.0 Å². The van der Waals surface area contributed by atoms with Gasteiger partial charge in [0.2, 0.25) is 17.7 Å². The van der Waals surface area contributed by atoms with Crippen molar-refractivity contribution < 1.29 is 24.3 Å². The van der Waals surface area contributed by atoms with Gasteiger partial charge in [0, 0.05) is 6.54 Å². The second kappa shape index (κ2) is 13.1. The highest BCUT2D eigenvalue weighted by atomic mass is 16.3.